The topological polar surface area (TPSA) is 20.2 Å². The molecule has 1 unspecified atom stereocenters. The van der Waals surface area contributed by atoms with Crippen LogP contribution in [0.3, 0.4) is 0 Å². The van der Waals surface area contributed by atoms with Crippen LogP contribution in [0.5, 0.6) is 0 Å². The molecule has 1 aliphatic carbocycles. The fourth-order valence-electron chi connectivity index (χ4n) is 1.98. The monoisotopic (exact) mass is 222 g/mol. The highest BCUT2D eigenvalue weighted by atomic mass is 19.4. The van der Waals surface area contributed by atoms with Crippen molar-refractivity contribution in [2.24, 2.45) is 0 Å². The summed E-state index contributed by atoms with van der Waals surface area (Å²) in [5.41, 5.74) is -2.37. The van der Waals surface area contributed by atoms with Crippen molar-refractivity contribution < 1.29 is 18.3 Å². The highest BCUT2D eigenvalue weighted by Crippen LogP contribution is 2.45. The second kappa shape index (κ2) is 4.56. The van der Waals surface area contributed by atoms with E-state index in [4.69, 9.17) is 0 Å². The summed E-state index contributed by atoms with van der Waals surface area (Å²) in [5.74, 6) is 0. The minimum Gasteiger partial charge on any atom is -0.376 e. The molecule has 0 aromatic carbocycles. The molecular formula is C11H17F3O. The standard InChI is InChI=1S/C11H17F3O/c1-2-3-4-6-9-7-5-8-10(9,15)11(12,13)14/h7,15H,2-6,8H2,1H3. The number of halogens is 3. The van der Waals surface area contributed by atoms with Crippen LogP contribution >= 0.6 is 0 Å². The zero-order valence-corrected chi connectivity index (χ0v) is 8.90. The summed E-state index contributed by atoms with van der Waals surface area (Å²) >= 11 is 0. The molecular weight excluding hydrogens is 205 g/mol. The van der Waals surface area contributed by atoms with Crippen LogP contribution in [0.4, 0.5) is 13.2 Å². The molecule has 4 heteroatoms. The Kier molecular flexibility index (Phi) is 3.82. The molecule has 0 aromatic heterocycles. The summed E-state index contributed by atoms with van der Waals surface area (Å²) in [6, 6.07) is 0. The van der Waals surface area contributed by atoms with Gasteiger partial charge in [-0.1, -0.05) is 25.8 Å². The number of aliphatic hydroxyl groups is 1. The molecule has 0 saturated carbocycles. The molecule has 1 rings (SSSR count). The van der Waals surface area contributed by atoms with E-state index in [2.05, 4.69) is 0 Å². The van der Waals surface area contributed by atoms with Crippen LogP contribution in [-0.2, 0) is 0 Å². The van der Waals surface area contributed by atoms with Crippen molar-refractivity contribution in [3.63, 3.8) is 0 Å². The summed E-state index contributed by atoms with van der Waals surface area (Å²) in [6.07, 6.45) is 0.105. The molecule has 15 heavy (non-hydrogen) atoms. The van der Waals surface area contributed by atoms with Crippen molar-refractivity contribution in [1.29, 1.82) is 0 Å². The van der Waals surface area contributed by atoms with Gasteiger partial charge in [-0.25, -0.2) is 0 Å². The largest absolute Gasteiger partial charge is 0.421 e. The normalized spacial score (nSPS) is 26.9. The van der Waals surface area contributed by atoms with Gasteiger partial charge in [-0.3, -0.25) is 0 Å². The molecule has 0 fully saturated rings. The van der Waals surface area contributed by atoms with Gasteiger partial charge in [-0.05, 0) is 31.3 Å². The van der Waals surface area contributed by atoms with Gasteiger partial charge < -0.3 is 5.11 Å². The zero-order chi connectivity index (χ0) is 11.5. The van der Waals surface area contributed by atoms with Crippen molar-refractivity contribution in [1.82, 2.24) is 0 Å². The van der Waals surface area contributed by atoms with Crippen molar-refractivity contribution in [2.45, 2.75) is 57.2 Å². The third-order valence-corrected chi connectivity index (χ3v) is 2.95. The van der Waals surface area contributed by atoms with Crippen molar-refractivity contribution in [2.75, 3.05) is 0 Å². The number of alkyl halides is 3. The Morgan fingerprint density at radius 3 is 2.60 bits per heavy atom. The first kappa shape index (κ1) is 12.6. The summed E-state index contributed by atoms with van der Waals surface area (Å²) in [6.45, 7) is 2.00. The van der Waals surface area contributed by atoms with Gasteiger partial charge in [0.05, 0.1) is 0 Å². The fraction of sp³-hybridized carbons (Fsp3) is 0.818. The molecule has 0 heterocycles. The van der Waals surface area contributed by atoms with Crippen LogP contribution < -0.4 is 0 Å². The van der Waals surface area contributed by atoms with E-state index in [1.165, 1.54) is 0 Å². The van der Waals surface area contributed by atoms with E-state index >= 15 is 0 Å². The van der Waals surface area contributed by atoms with E-state index in [0.717, 1.165) is 19.3 Å². The molecule has 1 nitrogen and oxygen atoms in total. The minimum atomic E-state index is -4.53. The van der Waals surface area contributed by atoms with Crippen LogP contribution in [0.2, 0.25) is 0 Å². The second-order valence-electron chi connectivity index (χ2n) is 4.08. The molecule has 1 N–H and O–H groups in total. The van der Waals surface area contributed by atoms with Crippen LogP contribution in [-0.4, -0.2) is 16.9 Å². The third-order valence-electron chi connectivity index (χ3n) is 2.95. The summed E-state index contributed by atoms with van der Waals surface area (Å²) < 4.78 is 37.8. The molecule has 0 aromatic rings. The highest BCUT2D eigenvalue weighted by molar-refractivity contribution is 5.25. The Balaban J connectivity index is 2.63. The van der Waals surface area contributed by atoms with E-state index in [1.807, 2.05) is 6.92 Å². The minimum absolute atomic E-state index is 0.170. The second-order valence-corrected chi connectivity index (χ2v) is 4.08. The van der Waals surface area contributed by atoms with E-state index in [1.54, 1.807) is 6.08 Å². The Hall–Kier alpha value is -0.510. The average molecular weight is 222 g/mol. The lowest BCUT2D eigenvalue weighted by Gasteiger charge is -2.29. The lowest BCUT2D eigenvalue weighted by Crippen LogP contribution is -2.44. The quantitative estimate of drug-likeness (QED) is 0.569. The summed E-state index contributed by atoms with van der Waals surface area (Å²) in [7, 11) is 0. The van der Waals surface area contributed by atoms with Crippen LogP contribution in [0.25, 0.3) is 0 Å². The summed E-state index contributed by atoms with van der Waals surface area (Å²) in [5, 5.41) is 9.59. The Morgan fingerprint density at radius 1 is 1.40 bits per heavy atom. The maximum Gasteiger partial charge on any atom is 0.421 e. The van der Waals surface area contributed by atoms with Crippen LogP contribution in [0.1, 0.15) is 45.4 Å². The fourth-order valence-corrected chi connectivity index (χ4v) is 1.98. The van der Waals surface area contributed by atoms with E-state index in [-0.39, 0.29) is 12.0 Å². The number of hydrogen-bond acceptors (Lipinski definition) is 1. The SMILES string of the molecule is CCCCCC1=CCCC1(O)C(F)(F)F. The number of hydrogen-bond donors (Lipinski definition) is 1. The van der Waals surface area contributed by atoms with Gasteiger partial charge in [0.1, 0.15) is 0 Å². The van der Waals surface area contributed by atoms with E-state index in [0.29, 0.717) is 12.8 Å². The molecule has 0 aliphatic heterocycles. The molecule has 0 spiro atoms. The Morgan fingerprint density at radius 2 is 2.07 bits per heavy atom. The van der Waals surface area contributed by atoms with Gasteiger partial charge in [0.15, 0.2) is 5.60 Å². The van der Waals surface area contributed by atoms with E-state index < -0.39 is 11.8 Å². The smallest absolute Gasteiger partial charge is 0.376 e. The lowest BCUT2D eigenvalue weighted by atomic mass is 9.91. The first-order valence-corrected chi connectivity index (χ1v) is 5.40. The predicted molar refractivity (Wildman–Crippen MR) is 52.5 cm³/mol. The number of rotatable bonds is 4. The predicted octanol–water partition coefficient (Wildman–Crippen LogP) is 3.58. The van der Waals surface area contributed by atoms with Crippen molar-refractivity contribution in [3.05, 3.63) is 11.6 Å². The van der Waals surface area contributed by atoms with Crippen LogP contribution in [0, 0.1) is 0 Å². The summed E-state index contributed by atoms with van der Waals surface area (Å²) in [4.78, 5) is 0. The third kappa shape index (κ3) is 2.54. The van der Waals surface area contributed by atoms with Gasteiger partial charge in [0.25, 0.3) is 0 Å². The number of allylic oxidation sites excluding steroid dienone is 1. The molecule has 0 radical (unpaired) electrons. The molecule has 88 valence electrons. The highest BCUT2D eigenvalue weighted by Gasteiger charge is 2.56. The maximum absolute atomic E-state index is 12.6. The maximum atomic E-state index is 12.6. The van der Waals surface area contributed by atoms with Crippen molar-refractivity contribution in [3.8, 4) is 0 Å². The van der Waals surface area contributed by atoms with Gasteiger partial charge in [-0.15, -0.1) is 0 Å². The van der Waals surface area contributed by atoms with Gasteiger partial charge in [0, 0.05) is 0 Å². The van der Waals surface area contributed by atoms with E-state index in [9.17, 15) is 18.3 Å². The lowest BCUT2D eigenvalue weighted by molar-refractivity contribution is -0.244. The molecule has 1 aliphatic rings. The van der Waals surface area contributed by atoms with Crippen LogP contribution in [0.15, 0.2) is 11.6 Å². The molecule has 0 saturated heterocycles. The first-order chi connectivity index (χ1) is 6.92. The molecule has 1 atom stereocenters. The number of unbranched alkanes of at least 4 members (excludes halogenated alkanes) is 2. The van der Waals surface area contributed by atoms with Crippen molar-refractivity contribution >= 4 is 0 Å². The average Bonchev–Trinajstić information content (AvgIpc) is 2.49. The van der Waals surface area contributed by atoms with Gasteiger partial charge in [0.2, 0.25) is 0 Å². The Bertz CT molecular complexity index is 245. The zero-order valence-electron chi connectivity index (χ0n) is 8.90. The molecule has 0 amide bonds. The Labute approximate surface area is 88.0 Å². The molecule has 0 bridgehead atoms. The van der Waals surface area contributed by atoms with Gasteiger partial charge >= 0.3 is 6.18 Å². The first-order valence-electron chi connectivity index (χ1n) is 5.40. The van der Waals surface area contributed by atoms with Gasteiger partial charge in [-0.2, -0.15) is 13.2 Å².